The van der Waals surface area contributed by atoms with Gasteiger partial charge in [-0.2, -0.15) is 0 Å². The van der Waals surface area contributed by atoms with E-state index in [0.29, 0.717) is 0 Å². The molecule has 0 fully saturated rings. The molecule has 1 aromatic carbocycles. The largest absolute Gasteiger partial charge is 0.316 e. The summed E-state index contributed by atoms with van der Waals surface area (Å²) in [6, 6.07) is 6.60. The summed E-state index contributed by atoms with van der Waals surface area (Å²) in [4.78, 5) is 1.34. The predicted molar refractivity (Wildman–Crippen MR) is 55.7 cm³/mol. The van der Waals surface area contributed by atoms with Gasteiger partial charge in [-0.25, -0.2) is 0 Å². The number of rotatable bonds is 3. The van der Waals surface area contributed by atoms with Crippen molar-refractivity contribution in [1.29, 1.82) is 0 Å². The smallest absolute Gasteiger partial charge is 0.0205 e. The van der Waals surface area contributed by atoms with Crippen molar-refractivity contribution in [2.45, 2.75) is 18.4 Å². The molecule has 1 nitrogen and oxygen atoms in total. The van der Waals surface area contributed by atoms with Crippen molar-refractivity contribution >= 4 is 11.8 Å². The molecule has 0 heterocycles. The van der Waals surface area contributed by atoms with E-state index >= 15 is 0 Å². The van der Waals surface area contributed by atoms with E-state index in [0.717, 1.165) is 6.54 Å². The van der Waals surface area contributed by atoms with Crippen LogP contribution in [-0.2, 0) is 6.54 Å². The second-order valence-corrected chi connectivity index (χ2v) is 3.70. The quantitative estimate of drug-likeness (QED) is 0.719. The van der Waals surface area contributed by atoms with Gasteiger partial charge in [-0.3, -0.25) is 0 Å². The highest BCUT2D eigenvalue weighted by molar-refractivity contribution is 7.98. The first-order valence-corrected chi connectivity index (χ1v) is 5.28. The SMILES string of the molecule is CNCc1ccc(SC)cc1C. The molecule has 1 N–H and O–H groups in total. The van der Waals surface area contributed by atoms with Crippen LogP contribution >= 0.6 is 11.8 Å². The predicted octanol–water partition coefficient (Wildman–Crippen LogP) is 2.44. The Morgan fingerprint density at radius 3 is 2.67 bits per heavy atom. The molecular weight excluding hydrogens is 166 g/mol. The second-order valence-electron chi connectivity index (χ2n) is 2.82. The lowest BCUT2D eigenvalue weighted by atomic mass is 10.1. The van der Waals surface area contributed by atoms with Crippen LogP contribution in [0.4, 0.5) is 0 Å². The van der Waals surface area contributed by atoms with Crippen molar-refractivity contribution < 1.29 is 0 Å². The zero-order chi connectivity index (χ0) is 8.97. The minimum Gasteiger partial charge on any atom is -0.316 e. The lowest BCUT2D eigenvalue weighted by Crippen LogP contribution is -2.06. The van der Waals surface area contributed by atoms with Crippen LogP contribution in [0.2, 0.25) is 0 Å². The molecule has 2 heteroatoms. The van der Waals surface area contributed by atoms with Crippen molar-refractivity contribution in [2.24, 2.45) is 0 Å². The Balaban J connectivity index is 2.87. The number of aryl methyl sites for hydroxylation is 1. The molecule has 0 atom stereocenters. The molecule has 0 unspecified atom stereocenters. The monoisotopic (exact) mass is 181 g/mol. The number of benzene rings is 1. The van der Waals surface area contributed by atoms with Crippen molar-refractivity contribution in [1.82, 2.24) is 5.32 Å². The summed E-state index contributed by atoms with van der Waals surface area (Å²) in [6.45, 7) is 3.12. The Morgan fingerprint density at radius 2 is 2.17 bits per heavy atom. The molecule has 0 radical (unpaired) electrons. The Kier molecular flexibility index (Phi) is 3.63. The third kappa shape index (κ3) is 2.26. The molecular formula is C10H15NS. The number of thioether (sulfide) groups is 1. The summed E-state index contributed by atoms with van der Waals surface area (Å²) < 4.78 is 0. The van der Waals surface area contributed by atoms with E-state index in [9.17, 15) is 0 Å². The van der Waals surface area contributed by atoms with Gasteiger partial charge >= 0.3 is 0 Å². The average Bonchev–Trinajstić information content (AvgIpc) is 2.09. The fraction of sp³-hybridized carbons (Fsp3) is 0.400. The summed E-state index contributed by atoms with van der Waals surface area (Å²) in [5.41, 5.74) is 2.76. The first-order valence-electron chi connectivity index (χ1n) is 4.06. The van der Waals surface area contributed by atoms with Gasteiger partial charge in [0.15, 0.2) is 0 Å². The van der Waals surface area contributed by atoms with Gasteiger partial charge in [-0.05, 0) is 43.5 Å². The molecule has 0 aliphatic heterocycles. The van der Waals surface area contributed by atoms with Crippen LogP contribution < -0.4 is 5.32 Å². The average molecular weight is 181 g/mol. The molecule has 66 valence electrons. The maximum atomic E-state index is 3.16. The Hall–Kier alpha value is -0.470. The molecule has 0 saturated heterocycles. The van der Waals surface area contributed by atoms with Gasteiger partial charge in [-0.15, -0.1) is 11.8 Å². The van der Waals surface area contributed by atoms with Crippen LogP contribution in [0.5, 0.6) is 0 Å². The van der Waals surface area contributed by atoms with E-state index in [1.165, 1.54) is 16.0 Å². The lowest BCUT2D eigenvalue weighted by molar-refractivity contribution is 0.811. The third-order valence-electron chi connectivity index (χ3n) is 1.92. The Morgan fingerprint density at radius 1 is 1.42 bits per heavy atom. The highest BCUT2D eigenvalue weighted by atomic mass is 32.2. The lowest BCUT2D eigenvalue weighted by Gasteiger charge is -2.06. The van der Waals surface area contributed by atoms with E-state index in [1.807, 2.05) is 7.05 Å². The molecule has 0 spiro atoms. The summed E-state index contributed by atoms with van der Waals surface area (Å²) in [6.07, 6.45) is 2.10. The van der Waals surface area contributed by atoms with Gasteiger partial charge in [-0.1, -0.05) is 6.07 Å². The van der Waals surface area contributed by atoms with Gasteiger partial charge in [0.1, 0.15) is 0 Å². The van der Waals surface area contributed by atoms with Crippen LogP contribution in [-0.4, -0.2) is 13.3 Å². The number of nitrogens with one attached hydrogen (secondary N) is 1. The number of hydrogen-bond acceptors (Lipinski definition) is 2. The first-order chi connectivity index (χ1) is 5.77. The summed E-state index contributed by atoms with van der Waals surface area (Å²) in [7, 11) is 1.97. The Bertz CT molecular complexity index is 258. The third-order valence-corrected chi connectivity index (χ3v) is 2.64. The summed E-state index contributed by atoms with van der Waals surface area (Å²) in [5, 5.41) is 3.16. The van der Waals surface area contributed by atoms with Crippen LogP contribution in [0.15, 0.2) is 23.1 Å². The van der Waals surface area contributed by atoms with E-state index in [4.69, 9.17) is 0 Å². The minimum absolute atomic E-state index is 0.959. The maximum absolute atomic E-state index is 3.16. The van der Waals surface area contributed by atoms with Gasteiger partial charge in [0.25, 0.3) is 0 Å². The molecule has 0 aliphatic rings. The van der Waals surface area contributed by atoms with Gasteiger partial charge < -0.3 is 5.32 Å². The van der Waals surface area contributed by atoms with Crippen LogP contribution in [0.1, 0.15) is 11.1 Å². The zero-order valence-corrected chi connectivity index (χ0v) is 8.66. The van der Waals surface area contributed by atoms with E-state index in [1.54, 1.807) is 11.8 Å². The van der Waals surface area contributed by atoms with Crippen LogP contribution in [0.25, 0.3) is 0 Å². The van der Waals surface area contributed by atoms with Gasteiger partial charge in [0.2, 0.25) is 0 Å². The molecule has 12 heavy (non-hydrogen) atoms. The van der Waals surface area contributed by atoms with Crippen LogP contribution in [0, 0.1) is 6.92 Å². The highest BCUT2D eigenvalue weighted by Crippen LogP contribution is 2.18. The van der Waals surface area contributed by atoms with E-state index in [-0.39, 0.29) is 0 Å². The Labute approximate surface area is 78.6 Å². The van der Waals surface area contributed by atoms with E-state index in [2.05, 4.69) is 36.7 Å². The fourth-order valence-corrected chi connectivity index (χ4v) is 1.68. The standard InChI is InChI=1S/C10H15NS/c1-8-6-10(12-3)5-4-9(8)7-11-2/h4-6,11H,7H2,1-3H3. The molecule has 1 aromatic rings. The molecule has 0 bridgehead atoms. The molecule has 1 rings (SSSR count). The highest BCUT2D eigenvalue weighted by Gasteiger charge is 1.97. The van der Waals surface area contributed by atoms with Crippen molar-refractivity contribution in [3.05, 3.63) is 29.3 Å². The minimum atomic E-state index is 0.959. The summed E-state index contributed by atoms with van der Waals surface area (Å²) >= 11 is 1.79. The number of hydrogen-bond donors (Lipinski definition) is 1. The second kappa shape index (κ2) is 4.53. The maximum Gasteiger partial charge on any atom is 0.0205 e. The molecule has 0 aliphatic carbocycles. The molecule has 0 saturated carbocycles. The first kappa shape index (κ1) is 9.62. The topological polar surface area (TPSA) is 12.0 Å². The van der Waals surface area contributed by atoms with Gasteiger partial charge in [0, 0.05) is 11.4 Å². The fourth-order valence-electron chi connectivity index (χ4n) is 1.18. The normalized spacial score (nSPS) is 10.2. The van der Waals surface area contributed by atoms with Crippen molar-refractivity contribution in [3.63, 3.8) is 0 Å². The van der Waals surface area contributed by atoms with Gasteiger partial charge in [0.05, 0.1) is 0 Å². The summed E-state index contributed by atoms with van der Waals surface area (Å²) in [5.74, 6) is 0. The van der Waals surface area contributed by atoms with Crippen LogP contribution in [0.3, 0.4) is 0 Å². The van der Waals surface area contributed by atoms with Crippen molar-refractivity contribution in [2.75, 3.05) is 13.3 Å². The molecule has 0 amide bonds. The van der Waals surface area contributed by atoms with Crippen molar-refractivity contribution in [3.8, 4) is 0 Å². The zero-order valence-electron chi connectivity index (χ0n) is 7.85. The van der Waals surface area contributed by atoms with E-state index < -0.39 is 0 Å². The molecule has 0 aromatic heterocycles.